The molecule has 2 heterocycles. The van der Waals surface area contributed by atoms with E-state index in [2.05, 4.69) is 0 Å². The van der Waals surface area contributed by atoms with Gasteiger partial charge in [0.05, 0.1) is 28.9 Å². The molecule has 3 fully saturated rings. The van der Waals surface area contributed by atoms with Crippen molar-refractivity contribution in [3.05, 3.63) is 106 Å². The molecule has 7 rings (SSSR count). The number of carbonyl (C=O) groups excluding carboxylic acids is 5. The van der Waals surface area contributed by atoms with Crippen molar-refractivity contribution in [2.45, 2.75) is 24.2 Å². The van der Waals surface area contributed by atoms with Crippen LogP contribution in [0.3, 0.4) is 0 Å². The summed E-state index contributed by atoms with van der Waals surface area (Å²) in [6, 6.07) is 17.7. The average Bonchev–Trinajstić information content (AvgIpc) is 3.39. The lowest BCUT2D eigenvalue weighted by molar-refractivity contribution is -0.136. The lowest BCUT2D eigenvalue weighted by atomic mass is 9.49. The average molecular weight is 614 g/mol. The number of nitrogens with two attached hydrogens (primary N) is 1. The van der Waals surface area contributed by atoms with Crippen LogP contribution in [0, 0.1) is 29.5 Å². The van der Waals surface area contributed by atoms with Crippen LogP contribution in [0.15, 0.2) is 84.4 Å². The number of phenolic OH excluding ortho intramolecular Hbond substituents is 1. The first-order valence-corrected chi connectivity index (χ1v) is 14.5. The number of amides is 6. The molecule has 3 aromatic rings. The van der Waals surface area contributed by atoms with E-state index < -0.39 is 76.2 Å². The molecule has 0 spiro atoms. The molecule has 0 aromatic heterocycles. The second kappa shape index (κ2) is 9.85. The minimum absolute atomic E-state index is 0.00617. The quantitative estimate of drug-likeness (QED) is 0.331. The van der Waals surface area contributed by atoms with Gasteiger partial charge in [0.25, 0.3) is 0 Å². The van der Waals surface area contributed by atoms with Crippen molar-refractivity contribution in [1.29, 1.82) is 0 Å². The number of anilines is 1. The molecule has 9 nitrogen and oxygen atoms in total. The number of rotatable bonds is 3. The smallest absolute Gasteiger partial charge is 0.328 e. The number of likely N-dealkylation sites (tertiary alicyclic amines) is 1. The molecule has 1 saturated carbocycles. The van der Waals surface area contributed by atoms with Crippen molar-refractivity contribution >= 4 is 46.9 Å². The van der Waals surface area contributed by atoms with Crippen LogP contribution in [-0.4, -0.2) is 39.7 Å². The lowest BCUT2D eigenvalue weighted by Gasteiger charge is -2.50. The van der Waals surface area contributed by atoms with E-state index in [9.17, 15) is 29.1 Å². The zero-order valence-corrected chi connectivity index (χ0v) is 23.8. The third kappa shape index (κ3) is 3.67. The standard InChI is InChI=1S/C33H25ClFN3O6/c34-18-7-4-8-19(14-18)37-29(41)23-15-22-20(10-11-21-26(22)30(42)38(28(21)40)32(36)44)27(16-9-12-25(39)24(35)13-16)33(23,31(37)43)17-5-2-1-3-6-17/h1-10,12-14,21-23,26-27,39H,11,15H2,(H2,36,44)/t21-,22+,23-,26-,27-,33+/m0/s1. The number of aromatic hydroxyl groups is 1. The maximum absolute atomic E-state index is 15.1. The van der Waals surface area contributed by atoms with E-state index in [4.69, 9.17) is 17.3 Å². The third-order valence-electron chi connectivity index (χ3n) is 9.69. The largest absolute Gasteiger partial charge is 0.505 e. The molecule has 0 bridgehead atoms. The Morgan fingerprint density at radius 1 is 0.932 bits per heavy atom. The van der Waals surface area contributed by atoms with E-state index >= 15 is 4.39 Å². The molecule has 3 aromatic carbocycles. The number of phenols is 1. The molecule has 4 aliphatic rings. The predicted molar refractivity (Wildman–Crippen MR) is 156 cm³/mol. The number of benzene rings is 3. The molecule has 222 valence electrons. The number of carbonyl (C=O) groups is 5. The van der Waals surface area contributed by atoms with Gasteiger partial charge < -0.3 is 10.8 Å². The zero-order chi connectivity index (χ0) is 31.1. The number of primary amides is 1. The Morgan fingerprint density at radius 3 is 2.36 bits per heavy atom. The fourth-order valence-corrected chi connectivity index (χ4v) is 8.22. The van der Waals surface area contributed by atoms with E-state index in [0.717, 1.165) is 11.0 Å². The minimum atomic E-state index is -1.59. The van der Waals surface area contributed by atoms with Crippen LogP contribution in [0.25, 0.3) is 0 Å². The Kier molecular flexibility index (Phi) is 6.26. The SMILES string of the molecule is NC(=O)N1C(=O)[C@H]2[C@H](CC=C3[C@H]2C[C@H]2C(=O)N(c4cccc(Cl)c4)C(=O)[C@@]2(c2ccccc2)[C@H]3c2ccc(O)c(F)c2)C1=O. The summed E-state index contributed by atoms with van der Waals surface area (Å²) in [5, 5.41) is 10.4. The monoisotopic (exact) mass is 613 g/mol. The second-order valence-corrected chi connectivity index (χ2v) is 12.1. The number of imide groups is 4. The van der Waals surface area contributed by atoms with Crippen molar-refractivity contribution in [1.82, 2.24) is 4.90 Å². The van der Waals surface area contributed by atoms with Crippen LogP contribution in [0.1, 0.15) is 29.9 Å². The Hall–Kier alpha value is -4.83. The van der Waals surface area contributed by atoms with Gasteiger partial charge in [-0.3, -0.25) is 19.2 Å². The summed E-state index contributed by atoms with van der Waals surface area (Å²) >= 11 is 6.27. The molecule has 0 unspecified atom stereocenters. The molecule has 2 saturated heterocycles. The van der Waals surface area contributed by atoms with Gasteiger partial charge in [-0.1, -0.05) is 65.7 Å². The van der Waals surface area contributed by atoms with E-state index in [-0.39, 0.29) is 18.5 Å². The van der Waals surface area contributed by atoms with Gasteiger partial charge >= 0.3 is 6.03 Å². The summed E-state index contributed by atoms with van der Waals surface area (Å²) in [6.07, 6.45) is 1.86. The van der Waals surface area contributed by atoms with Gasteiger partial charge in [-0.15, -0.1) is 0 Å². The molecule has 2 aliphatic heterocycles. The summed E-state index contributed by atoms with van der Waals surface area (Å²) in [4.78, 5) is 69.9. The Bertz CT molecular complexity index is 1830. The Labute approximate surface area is 255 Å². The fraction of sp³-hybridized carbons (Fsp3) is 0.242. The molecule has 6 amide bonds. The Morgan fingerprint density at radius 2 is 1.68 bits per heavy atom. The van der Waals surface area contributed by atoms with Gasteiger partial charge in [-0.05, 0) is 60.2 Å². The summed E-state index contributed by atoms with van der Waals surface area (Å²) in [6.45, 7) is 0. The Balaban J connectivity index is 1.51. The topological polar surface area (TPSA) is 138 Å². The third-order valence-corrected chi connectivity index (χ3v) is 9.93. The summed E-state index contributed by atoms with van der Waals surface area (Å²) in [7, 11) is 0. The van der Waals surface area contributed by atoms with Crippen LogP contribution < -0.4 is 10.6 Å². The van der Waals surface area contributed by atoms with Gasteiger partial charge in [0, 0.05) is 10.9 Å². The van der Waals surface area contributed by atoms with Crippen molar-refractivity contribution in [2.24, 2.45) is 29.4 Å². The van der Waals surface area contributed by atoms with Gasteiger partial charge in [0.2, 0.25) is 23.6 Å². The molecule has 3 N–H and O–H groups in total. The normalized spacial score (nSPS) is 29.3. The maximum atomic E-state index is 15.1. The molecular weight excluding hydrogens is 589 g/mol. The predicted octanol–water partition coefficient (Wildman–Crippen LogP) is 4.43. The van der Waals surface area contributed by atoms with Crippen molar-refractivity contribution in [2.75, 3.05) is 4.90 Å². The highest BCUT2D eigenvalue weighted by atomic mass is 35.5. The zero-order valence-electron chi connectivity index (χ0n) is 23.0. The summed E-state index contributed by atoms with van der Waals surface area (Å²) < 4.78 is 15.1. The van der Waals surface area contributed by atoms with E-state index in [1.165, 1.54) is 18.2 Å². The number of urea groups is 1. The number of nitrogens with zero attached hydrogens (tertiary/aromatic N) is 2. The molecule has 6 atom stereocenters. The van der Waals surface area contributed by atoms with Crippen LogP contribution in [-0.2, 0) is 24.6 Å². The molecule has 11 heteroatoms. The van der Waals surface area contributed by atoms with Gasteiger partial charge in [0.1, 0.15) is 0 Å². The van der Waals surface area contributed by atoms with E-state index in [1.807, 2.05) is 0 Å². The van der Waals surface area contributed by atoms with Crippen molar-refractivity contribution in [3.63, 3.8) is 0 Å². The molecule has 0 radical (unpaired) electrons. The molecule has 44 heavy (non-hydrogen) atoms. The number of hydrogen-bond acceptors (Lipinski definition) is 6. The summed E-state index contributed by atoms with van der Waals surface area (Å²) in [5.41, 5.74) is 5.49. The molecular formula is C33H25ClFN3O6. The van der Waals surface area contributed by atoms with Crippen molar-refractivity contribution in [3.8, 4) is 5.75 Å². The number of fused-ring (bicyclic) bond motifs is 4. The first-order chi connectivity index (χ1) is 21.1. The number of allylic oxidation sites excluding steroid dienone is 2. The highest BCUT2D eigenvalue weighted by Crippen LogP contribution is 2.64. The molecule has 2 aliphatic carbocycles. The maximum Gasteiger partial charge on any atom is 0.328 e. The van der Waals surface area contributed by atoms with Crippen molar-refractivity contribution < 1.29 is 33.5 Å². The number of halogens is 2. The first-order valence-electron chi connectivity index (χ1n) is 14.1. The van der Waals surface area contributed by atoms with Crippen LogP contribution in [0.2, 0.25) is 5.02 Å². The van der Waals surface area contributed by atoms with Gasteiger partial charge in [-0.25, -0.2) is 14.1 Å². The second-order valence-electron chi connectivity index (χ2n) is 11.7. The van der Waals surface area contributed by atoms with Crippen LogP contribution >= 0.6 is 11.6 Å². The van der Waals surface area contributed by atoms with E-state index in [0.29, 0.717) is 26.6 Å². The fourth-order valence-electron chi connectivity index (χ4n) is 8.04. The minimum Gasteiger partial charge on any atom is -0.505 e. The number of hydrogen-bond donors (Lipinski definition) is 2. The van der Waals surface area contributed by atoms with E-state index in [1.54, 1.807) is 54.6 Å². The van der Waals surface area contributed by atoms with Crippen LogP contribution in [0.4, 0.5) is 14.9 Å². The first kappa shape index (κ1) is 28.0. The lowest BCUT2D eigenvalue weighted by Crippen LogP contribution is -2.53. The van der Waals surface area contributed by atoms with Gasteiger partial charge in [0.15, 0.2) is 11.6 Å². The highest BCUT2D eigenvalue weighted by molar-refractivity contribution is 6.32. The van der Waals surface area contributed by atoms with Gasteiger partial charge in [-0.2, -0.15) is 4.90 Å². The highest BCUT2D eigenvalue weighted by Gasteiger charge is 2.70. The van der Waals surface area contributed by atoms with Crippen LogP contribution in [0.5, 0.6) is 5.75 Å². The summed E-state index contributed by atoms with van der Waals surface area (Å²) in [5.74, 6) is -8.70.